The highest BCUT2D eigenvalue weighted by molar-refractivity contribution is 6.30. The molecule has 0 N–H and O–H groups in total. The molecule has 14 heteroatoms. The Morgan fingerprint density at radius 1 is 1.17 bits per heavy atom. The molecule has 1 aromatic carbocycles. The number of hydrogen-bond donors (Lipinski definition) is 0. The molecule has 36 heavy (non-hydrogen) atoms. The maximum absolute atomic E-state index is 13.4. The monoisotopic (exact) mass is 528 g/mol. The van der Waals surface area contributed by atoms with Crippen molar-refractivity contribution in [3.8, 4) is 0 Å². The van der Waals surface area contributed by atoms with Crippen molar-refractivity contribution in [2.45, 2.75) is 24.8 Å². The number of urea groups is 1. The van der Waals surface area contributed by atoms with Crippen LogP contribution in [0.4, 0.5) is 22.8 Å². The smallest absolute Gasteiger partial charge is 0.466 e. The molecule has 3 aliphatic rings. The third-order valence-electron chi connectivity index (χ3n) is 5.48. The van der Waals surface area contributed by atoms with Crippen molar-refractivity contribution < 1.29 is 51.2 Å². The molecule has 0 radical (unpaired) electrons. The van der Waals surface area contributed by atoms with Crippen LogP contribution in [0, 0.1) is 0 Å². The van der Waals surface area contributed by atoms with E-state index in [0.717, 1.165) is 25.0 Å². The van der Waals surface area contributed by atoms with Crippen LogP contribution < -0.4 is 10.4 Å². The first-order chi connectivity index (χ1) is 17.0. The number of carbonyl (C=O) groups excluding carboxylic acids is 3. The fourth-order valence-corrected chi connectivity index (χ4v) is 4.09. The lowest BCUT2D eigenvalue weighted by atomic mass is 10.0. The summed E-state index contributed by atoms with van der Waals surface area (Å²) in [4.78, 5) is 39.1. The zero-order valence-corrected chi connectivity index (χ0v) is 19.6. The predicted octanol–water partition coefficient (Wildman–Crippen LogP) is 2.89. The van der Waals surface area contributed by atoms with Crippen molar-refractivity contribution in [3.05, 3.63) is 57.3 Å². The number of alkyl halides is 3. The zero-order valence-electron chi connectivity index (χ0n) is 18.8. The molecule has 0 fully saturated rings. The number of azo groups is 2. The lowest BCUT2D eigenvalue weighted by molar-refractivity contribution is -0.554. The molecule has 1 aromatic rings. The third kappa shape index (κ3) is 4.58. The average Bonchev–Trinajstić information content (AvgIpc) is 3.17. The van der Waals surface area contributed by atoms with Crippen LogP contribution in [0.5, 0.6) is 0 Å². The summed E-state index contributed by atoms with van der Waals surface area (Å²) in [6.45, 7) is -0.561. The van der Waals surface area contributed by atoms with E-state index in [1.165, 1.54) is 12.2 Å². The average molecular weight is 529 g/mol. The van der Waals surface area contributed by atoms with Gasteiger partial charge in [-0.2, -0.15) is 9.59 Å². The van der Waals surface area contributed by atoms with E-state index in [1.54, 1.807) is 18.2 Å². The first-order valence-electron chi connectivity index (χ1n) is 10.3. The van der Waals surface area contributed by atoms with Gasteiger partial charge in [0.15, 0.2) is 0 Å². The topological polar surface area (TPSA) is 107 Å². The fourth-order valence-electron chi connectivity index (χ4n) is 3.91. The zero-order chi connectivity index (χ0) is 26.3. The molecule has 1 heterocycles. The SMILES string of the molecule is COC(=O)N(C(=O)[N+]1=NC2=c3ccc(Cl)cc3=C[C@]2(C(=O)OC)OC1)C1=CCC(OC(F)(F)F)=CC1. The Kier molecular flexibility index (Phi) is 6.62. The number of benzene rings is 1. The Morgan fingerprint density at radius 3 is 2.53 bits per heavy atom. The van der Waals surface area contributed by atoms with Crippen LogP contribution in [-0.4, -0.2) is 60.6 Å². The number of nitrogens with zero attached hydrogens (tertiary/aromatic N) is 3. The summed E-state index contributed by atoms with van der Waals surface area (Å²) in [5.41, 5.74) is -1.67. The number of ether oxygens (including phenoxy) is 4. The van der Waals surface area contributed by atoms with Crippen molar-refractivity contribution in [2.24, 2.45) is 5.11 Å². The summed E-state index contributed by atoms with van der Waals surface area (Å²) < 4.78 is 57.5. The standard InChI is InChI=1S/C22H18ClF3N3O7/c1-33-18(30)21-10-12-9-13(23)3-8-16(12)17(21)27-28(11-35-21)19(31)29(20(32)34-2)14-4-6-15(7-5-14)36-22(24,25)26/h3-4,7-10H,5-6,11H2,1-2H3/q+1/t21-/m0/s1. The second-order valence-corrected chi connectivity index (χ2v) is 8.07. The van der Waals surface area contributed by atoms with Crippen LogP contribution in [-0.2, 0) is 23.7 Å². The van der Waals surface area contributed by atoms with E-state index in [1.807, 2.05) is 0 Å². The quantitative estimate of drug-likeness (QED) is 0.438. The van der Waals surface area contributed by atoms with Crippen LogP contribution in [0.25, 0.3) is 11.8 Å². The second-order valence-electron chi connectivity index (χ2n) is 7.63. The molecule has 0 unspecified atom stereocenters. The van der Waals surface area contributed by atoms with Gasteiger partial charge in [0, 0.05) is 23.1 Å². The summed E-state index contributed by atoms with van der Waals surface area (Å²) in [6, 6.07) is 3.71. The molecule has 190 valence electrons. The molecule has 3 amide bonds. The number of hydrogen-bond acceptors (Lipinski definition) is 8. The first kappa shape index (κ1) is 25.4. The maximum atomic E-state index is 13.4. The van der Waals surface area contributed by atoms with Gasteiger partial charge >= 0.3 is 24.5 Å². The van der Waals surface area contributed by atoms with Crippen LogP contribution >= 0.6 is 11.6 Å². The molecular formula is C22H18ClF3N3O7+. The number of esters is 1. The van der Waals surface area contributed by atoms with Gasteiger partial charge < -0.3 is 18.9 Å². The van der Waals surface area contributed by atoms with Gasteiger partial charge in [0.05, 0.1) is 14.2 Å². The number of rotatable bonds is 3. The Hall–Kier alpha value is -3.71. The minimum atomic E-state index is -4.87. The van der Waals surface area contributed by atoms with Crippen LogP contribution in [0.15, 0.2) is 46.9 Å². The van der Waals surface area contributed by atoms with Gasteiger partial charge in [-0.3, -0.25) is 0 Å². The van der Waals surface area contributed by atoms with Crippen molar-refractivity contribution in [1.29, 1.82) is 0 Å². The lowest BCUT2D eigenvalue weighted by Crippen LogP contribution is -2.49. The molecule has 10 nitrogen and oxygen atoms in total. The Balaban J connectivity index is 1.71. The van der Waals surface area contributed by atoms with Crippen LogP contribution in [0.2, 0.25) is 5.02 Å². The van der Waals surface area contributed by atoms with E-state index in [4.69, 9.17) is 25.8 Å². The minimum Gasteiger partial charge on any atom is -0.466 e. The Labute approximate surface area is 206 Å². The Morgan fingerprint density at radius 2 is 1.92 bits per heavy atom. The predicted molar refractivity (Wildman–Crippen MR) is 114 cm³/mol. The molecule has 0 spiro atoms. The molecule has 0 saturated heterocycles. The van der Waals surface area contributed by atoms with Crippen molar-refractivity contribution >= 4 is 41.5 Å². The van der Waals surface area contributed by atoms with Crippen LogP contribution in [0.1, 0.15) is 12.8 Å². The Bertz CT molecular complexity index is 1370. The van der Waals surface area contributed by atoms with Crippen LogP contribution in [0.3, 0.4) is 0 Å². The van der Waals surface area contributed by atoms with Gasteiger partial charge in [-0.05, 0) is 35.6 Å². The van der Waals surface area contributed by atoms with E-state index in [9.17, 15) is 27.6 Å². The van der Waals surface area contributed by atoms with Gasteiger partial charge in [0.2, 0.25) is 12.3 Å². The highest BCUT2D eigenvalue weighted by Crippen LogP contribution is 2.34. The molecular weight excluding hydrogens is 511 g/mol. The third-order valence-corrected chi connectivity index (χ3v) is 5.72. The van der Waals surface area contributed by atoms with E-state index in [-0.39, 0.29) is 30.0 Å². The van der Waals surface area contributed by atoms with Gasteiger partial charge in [0.25, 0.3) is 0 Å². The van der Waals surface area contributed by atoms with E-state index in [2.05, 4.69) is 9.85 Å². The van der Waals surface area contributed by atoms with Gasteiger partial charge in [0.1, 0.15) is 17.2 Å². The number of halogens is 4. The first-order valence-corrected chi connectivity index (χ1v) is 10.7. The normalized spacial score (nSPS) is 20.6. The number of fused-ring (bicyclic) bond motifs is 2. The number of carbonyl (C=O) groups is 3. The number of methoxy groups -OCH3 is 2. The lowest BCUT2D eigenvalue weighted by Gasteiger charge is -2.28. The molecule has 0 aromatic heterocycles. The fraction of sp³-hybridized carbons (Fsp3) is 0.318. The summed E-state index contributed by atoms with van der Waals surface area (Å²) >= 11 is 6.06. The van der Waals surface area contributed by atoms with E-state index >= 15 is 0 Å². The molecule has 1 aliphatic heterocycles. The minimum absolute atomic E-state index is 0.0313. The number of imide groups is 1. The summed E-state index contributed by atoms with van der Waals surface area (Å²) in [5.74, 6) is -1.17. The summed E-state index contributed by atoms with van der Waals surface area (Å²) in [7, 11) is 2.20. The molecule has 1 atom stereocenters. The molecule has 4 rings (SSSR count). The van der Waals surface area contributed by atoms with Gasteiger partial charge in [-0.1, -0.05) is 32.4 Å². The van der Waals surface area contributed by atoms with Gasteiger partial charge in [-0.25, -0.2) is 4.79 Å². The second kappa shape index (κ2) is 9.39. The highest BCUT2D eigenvalue weighted by atomic mass is 35.5. The number of amides is 3. The maximum Gasteiger partial charge on any atom is 0.572 e. The summed E-state index contributed by atoms with van der Waals surface area (Å²) in [5, 5.41) is 5.64. The van der Waals surface area contributed by atoms with E-state index in [0.29, 0.717) is 20.4 Å². The van der Waals surface area contributed by atoms with Gasteiger partial charge in [-0.15, -0.1) is 13.2 Å². The molecule has 0 bridgehead atoms. The van der Waals surface area contributed by atoms with Crippen molar-refractivity contribution in [3.63, 3.8) is 0 Å². The molecule has 0 saturated carbocycles. The highest BCUT2D eigenvalue weighted by Gasteiger charge is 2.52. The summed E-state index contributed by atoms with van der Waals surface area (Å²) in [6.07, 6.45) is -2.74. The molecule has 2 aliphatic carbocycles. The number of allylic oxidation sites excluding steroid dienone is 2. The largest absolute Gasteiger partial charge is 0.572 e. The van der Waals surface area contributed by atoms with Crippen molar-refractivity contribution in [2.75, 3.05) is 21.0 Å². The van der Waals surface area contributed by atoms with E-state index < -0.39 is 36.8 Å². The van der Waals surface area contributed by atoms with Crippen molar-refractivity contribution in [1.82, 2.24) is 4.90 Å².